The summed E-state index contributed by atoms with van der Waals surface area (Å²) >= 11 is 0. The van der Waals surface area contributed by atoms with Crippen LogP contribution in [0.15, 0.2) is 41.3 Å². The third-order valence-corrected chi connectivity index (χ3v) is 5.84. The Morgan fingerprint density at radius 1 is 1.31 bits per heavy atom. The second kappa shape index (κ2) is 8.57. The number of nitrogens with zero attached hydrogens (tertiary/aromatic N) is 1. The Balaban J connectivity index is 1.88. The fourth-order valence-corrected chi connectivity index (χ4v) is 4.10. The van der Waals surface area contributed by atoms with Crippen LogP contribution in [0.4, 0.5) is 10.1 Å². The van der Waals surface area contributed by atoms with E-state index >= 15 is 0 Å². The molecular formula is C19H18FN3O5S. The van der Waals surface area contributed by atoms with Crippen LogP contribution in [0.2, 0.25) is 0 Å². The third-order valence-electron chi connectivity index (χ3n) is 4.32. The number of halogens is 1. The molecule has 10 heteroatoms. The summed E-state index contributed by atoms with van der Waals surface area (Å²) in [6.07, 6.45) is 0.556. The molecule has 0 spiro atoms. The number of nitrogens with one attached hydrogen (secondary N) is 2. The van der Waals surface area contributed by atoms with Crippen LogP contribution in [0.25, 0.3) is 0 Å². The first kappa shape index (κ1) is 20.7. The molecule has 1 aliphatic heterocycles. The van der Waals surface area contributed by atoms with Crippen molar-refractivity contribution in [3.8, 4) is 11.8 Å². The SMILES string of the molecule is COc1ccc(S(=O)(=O)NC2CCOC2)cc1C(=O)Nc1ccc(C#N)cc1F. The minimum absolute atomic E-state index is 0.0817. The van der Waals surface area contributed by atoms with Crippen LogP contribution in [0, 0.1) is 17.1 Å². The van der Waals surface area contributed by atoms with Crippen molar-refractivity contribution in [2.45, 2.75) is 17.4 Å². The molecule has 0 saturated carbocycles. The van der Waals surface area contributed by atoms with Gasteiger partial charge in [0.15, 0.2) is 0 Å². The maximum absolute atomic E-state index is 14.1. The largest absolute Gasteiger partial charge is 0.496 e. The number of carbonyl (C=O) groups excluding carboxylic acids is 1. The van der Waals surface area contributed by atoms with Crippen molar-refractivity contribution in [3.63, 3.8) is 0 Å². The number of amides is 1. The third kappa shape index (κ3) is 4.71. The Morgan fingerprint density at radius 3 is 2.72 bits per heavy atom. The fourth-order valence-electron chi connectivity index (χ4n) is 2.82. The first-order valence-corrected chi connectivity index (χ1v) is 10.1. The van der Waals surface area contributed by atoms with Crippen molar-refractivity contribution >= 4 is 21.6 Å². The molecule has 1 atom stereocenters. The topological polar surface area (TPSA) is 118 Å². The molecule has 2 aromatic carbocycles. The lowest BCUT2D eigenvalue weighted by Gasteiger charge is -2.14. The highest BCUT2D eigenvalue weighted by molar-refractivity contribution is 7.89. The molecule has 1 amide bonds. The molecule has 1 unspecified atom stereocenters. The van der Waals surface area contributed by atoms with Gasteiger partial charge in [-0.25, -0.2) is 17.5 Å². The summed E-state index contributed by atoms with van der Waals surface area (Å²) in [5, 5.41) is 11.2. The minimum atomic E-state index is -3.89. The number of anilines is 1. The Hall–Kier alpha value is -3.00. The van der Waals surface area contributed by atoms with Gasteiger partial charge in [-0.15, -0.1) is 0 Å². The predicted molar refractivity (Wildman–Crippen MR) is 102 cm³/mol. The molecule has 8 nitrogen and oxygen atoms in total. The summed E-state index contributed by atoms with van der Waals surface area (Å²) in [7, 11) is -2.56. The molecule has 0 bridgehead atoms. The van der Waals surface area contributed by atoms with E-state index in [1.807, 2.05) is 0 Å². The molecule has 3 rings (SSSR count). The lowest BCUT2D eigenvalue weighted by molar-refractivity contribution is 0.102. The van der Waals surface area contributed by atoms with Gasteiger partial charge in [-0.2, -0.15) is 5.26 Å². The molecule has 1 heterocycles. The van der Waals surface area contributed by atoms with Crippen molar-refractivity contribution in [3.05, 3.63) is 53.3 Å². The summed E-state index contributed by atoms with van der Waals surface area (Å²) in [6.45, 7) is 0.750. The van der Waals surface area contributed by atoms with Crippen LogP contribution < -0.4 is 14.8 Å². The maximum Gasteiger partial charge on any atom is 0.259 e. The number of ether oxygens (including phenoxy) is 2. The quantitative estimate of drug-likeness (QED) is 0.740. The van der Waals surface area contributed by atoms with Gasteiger partial charge in [0.25, 0.3) is 5.91 Å². The number of rotatable bonds is 6. The molecule has 1 saturated heterocycles. The van der Waals surface area contributed by atoms with E-state index in [-0.39, 0.29) is 40.1 Å². The molecule has 29 heavy (non-hydrogen) atoms. The molecule has 1 aliphatic rings. The van der Waals surface area contributed by atoms with Gasteiger partial charge in [0.05, 0.1) is 41.5 Å². The number of sulfonamides is 1. The molecule has 2 aromatic rings. The zero-order valence-corrected chi connectivity index (χ0v) is 16.3. The number of methoxy groups -OCH3 is 1. The van der Waals surface area contributed by atoms with Gasteiger partial charge in [0.1, 0.15) is 11.6 Å². The number of nitriles is 1. The van der Waals surface area contributed by atoms with Crippen molar-refractivity contribution in [1.82, 2.24) is 4.72 Å². The monoisotopic (exact) mass is 419 g/mol. The van der Waals surface area contributed by atoms with E-state index in [0.29, 0.717) is 13.0 Å². The molecule has 0 aliphatic carbocycles. The molecule has 0 aromatic heterocycles. The van der Waals surface area contributed by atoms with Gasteiger partial charge in [-0.05, 0) is 42.8 Å². The highest BCUT2D eigenvalue weighted by atomic mass is 32.2. The second-order valence-electron chi connectivity index (χ2n) is 6.30. The number of hydrogen-bond acceptors (Lipinski definition) is 6. The molecule has 152 valence electrons. The van der Waals surface area contributed by atoms with E-state index in [9.17, 15) is 17.6 Å². The van der Waals surface area contributed by atoms with Gasteiger partial charge in [-0.1, -0.05) is 0 Å². The number of hydrogen-bond donors (Lipinski definition) is 2. The lowest BCUT2D eigenvalue weighted by Crippen LogP contribution is -2.35. The zero-order chi connectivity index (χ0) is 21.0. The first-order valence-electron chi connectivity index (χ1n) is 8.63. The summed E-state index contributed by atoms with van der Waals surface area (Å²) in [4.78, 5) is 12.5. The first-order chi connectivity index (χ1) is 13.8. The Kier molecular flexibility index (Phi) is 6.12. The van der Waals surface area contributed by atoms with Crippen LogP contribution in [0.5, 0.6) is 5.75 Å². The Labute approximate surface area is 167 Å². The van der Waals surface area contributed by atoms with Crippen LogP contribution in [0.3, 0.4) is 0 Å². The van der Waals surface area contributed by atoms with E-state index in [2.05, 4.69) is 10.0 Å². The van der Waals surface area contributed by atoms with E-state index in [0.717, 1.165) is 12.1 Å². The van der Waals surface area contributed by atoms with E-state index in [4.69, 9.17) is 14.7 Å². The fraction of sp³-hybridized carbons (Fsp3) is 0.263. The van der Waals surface area contributed by atoms with Crippen molar-refractivity contribution in [1.29, 1.82) is 5.26 Å². The summed E-state index contributed by atoms with van der Waals surface area (Å²) in [6, 6.07) is 8.87. The number of carbonyl (C=O) groups is 1. The van der Waals surface area contributed by atoms with E-state index < -0.39 is 21.7 Å². The lowest BCUT2D eigenvalue weighted by atomic mass is 10.1. The van der Waals surface area contributed by atoms with Gasteiger partial charge in [0.2, 0.25) is 10.0 Å². The van der Waals surface area contributed by atoms with Crippen LogP contribution in [-0.2, 0) is 14.8 Å². The van der Waals surface area contributed by atoms with Crippen molar-refractivity contribution in [2.24, 2.45) is 0 Å². The van der Waals surface area contributed by atoms with Crippen LogP contribution >= 0.6 is 0 Å². The van der Waals surface area contributed by atoms with Crippen LogP contribution in [0.1, 0.15) is 22.3 Å². The predicted octanol–water partition coefficient (Wildman–Crippen LogP) is 2.03. The smallest absolute Gasteiger partial charge is 0.259 e. The average molecular weight is 419 g/mol. The summed E-state index contributed by atoms with van der Waals surface area (Å²) < 4.78 is 52.1. The summed E-state index contributed by atoms with van der Waals surface area (Å²) in [5.41, 5.74) is -0.125. The Bertz CT molecular complexity index is 1080. The highest BCUT2D eigenvalue weighted by Gasteiger charge is 2.25. The van der Waals surface area contributed by atoms with E-state index in [1.54, 1.807) is 6.07 Å². The molecular weight excluding hydrogens is 401 g/mol. The zero-order valence-electron chi connectivity index (χ0n) is 15.4. The molecule has 0 radical (unpaired) electrons. The standard InChI is InChI=1S/C19H18FN3O5S/c1-27-18-5-3-14(29(25,26)23-13-6-7-28-11-13)9-15(18)19(24)22-17-4-2-12(10-21)8-16(17)20/h2-5,8-9,13,23H,6-7,11H2,1H3,(H,22,24). The maximum atomic E-state index is 14.1. The van der Waals surface area contributed by atoms with Gasteiger partial charge in [0, 0.05) is 12.6 Å². The molecule has 1 fully saturated rings. The van der Waals surface area contributed by atoms with Gasteiger partial charge >= 0.3 is 0 Å². The van der Waals surface area contributed by atoms with Crippen molar-refractivity contribution in [2.75, 3.05) is 25.6 Å². The Morgan fingerprint density at radius 2 is 2.10 bits per heavy atom. The van der Waals surface area contributed by atoms with E-state index in [1.165, 1.54) is 31.4 Å². The second-order valence-corrected chi connectivity index (χ2v) is 8.02. The summed E-state index contributed by atoms with van der Waals surface area (Å²) in [5.74, 6) is -1.42. The number of benzene rings is 2. The molecule has 2 N–H and O–H groups in total. The highest BCUT2D eigenvalue weighted by Crippen LogP contribution is 2.25. The van der Waals surface area contributed by atoms with Gasteiger partial charge < -0.3 is 14.8 Å². The van der Waals surface area contributed by atoms with Crippen molar-refractivity contribution < 1.29 is 27.1 Å². The van der Waals surface area contributed by atoms with Crippen LogP contribution in [-0.4, -0.2) is 40.7 Å². The minimum Gasteiger partial charge on any atom is -0.496 e. The van der Waals surface area contributed by atoms with Gasteiger partial charge in [-0.3, -0.25) is 4.79 Å². The average Bonchev–Trinajstić information content (AvgIpc) is 3.21. The normalized spacial score (nSPS) is 16.2.